The molecule has 1 heterocycles. The lowest BCUT2D eigenvalue weighted by Gasteiger charge is -2.39. The number of carbonyl (C=O) groups is 4. The number of nitrogens with zero attached hydrogens (tertiary/aromatic N) is 1. The summed E-state index contributed by atoms with van der Waals surface area (Å²) in [6.07, 6.45) is 0.575. The van der Waals surface area contributed by atoms with Crippen molar-refractivity contribution in [1.82, 2.24) is 10.6 Å². The van der Waals surface area contributed by atoms with Crippen LogP contribution in [0.1, 0.15) is 48.0 Å². The summed E-state index contributed by atoms with van der Waals surface area (Å²) in [5, 5.41) is 17.6. The van der Waals surface area contributed by atoms with Gasteiger partial charge in [0.25, 0.3) is 0 Å². The Morgan fingerprint density at radius 2 is 1.69 bits per heavy atom. The monoisotopic (exact) mass is 446 g/mol. The van der Waals surface area contributed by atoms with Gasteiger partial charge in [0.05, 0.1) is 11.4 Å². The van der Waals surface area contributed by atoms with Crippen molar-refractivity contribution in [3.63, 3.8) is 0 Å². The third-order valence-corrected chi connectivity index (χ3v) is 5.82. The van der Waals surface area contributed by atoms with Crippen LogP contribution in [0.4, 0.5) is 16.2 Å². The molecule has 4 N–H and O–H groups in total. The van der Waals surface area contributed by atoms with E-state index in [9.17, 15) is 24.3 Å². The molecule has 0 saturated carbocycles. The van der Waals surface area contributed by atoms with Crippen molar-refractivity contribution < 1.29 is 24.3 Å². The molecule has 0 aromatic heterocycles. The number of fused-ring (bicyclic) bond motifs is 1. The molecular formula is C23H34N4O5. The van der Waals surface area contributed by atoms with Gasteiger partial charge in [-0.3, -0.25) is 14.5 Å². The van der Waals surface area contributed by atoms with Crippen molar-refractivity contribution in [2.45, 2.75) is 66.1 Å². The minimum atomic E-state index is -1.12. The van der Waals surface area contributed by atoms with Crippen molar-refractivity contribution in [3.05, 3.63) is 24.3 Å². The average Bonchev–Trinajstić information content (AvgIpc) is 2.73. The van der Waals surface area contributed by atoms with E-state index in [0.29, 0.717) is 17.8 Å². The topological polar surface area (TPSA) is 128 Å². The Bertz CT molecular complexity index is 870. The Morgan fingerprint density at radius 3 is 2.22 bits per heavy atom. The zero-order chi connectivity index (χ0) is 24.2. The highest BCUT2D eigenvalue weighted by Crippen LogP contribution is 2.34. The summed E-state index contributed by atoms with van der Waals surface area (Å²) in [6, 6.07) is 3.59. The number of rotatable bonds is 8. The Hall–Kier alpha value is -3.10. The summed E-state index contributed by atoms with van der Waals surface area (Å²) in [5.41, 5.74) is 1.05. The van der Waals surface area contributed by atoms with E-state index in [1.165, 1.54) is 4.90 Å². The molecule has 1 aliphatic heterocycles. The van der Waals surface area contributed by atoms with Crippen LogP contribution in [0, 0.1) is 17.8 Å². The Labute approximate surface area is 188 Å². The second kappa shape index (κ2) is 10.5. The second-order valence-electron chi connectivity index (χ2n) is 8.95. The Kier molecular flexibility index (Phi) is 8.24. The third kappa shape index (κ3) is 5.38. The molecule has 0 radical (unpaired) electrons. The molecule has 0 bridgehead atoms. The smallest absolute Gasteiger partial charge is 0.326 e. The fraction of sp³-hybridized carbons (Fsp3) is 0.565. The molecule has 1 aliphatic rings. The number of aliphatic carboxylic acids is 1. The van der Waals surface area contributed by atoms with Crippen LogP contribution < -0.4 is 20.9 Å². The number of carboxylic acids is 1. The second-order valence-corrected chi connectivity index (χ2v) is 8.95. The number of anilines is 2. The van der Waals surface area contributed by atoms with Crippen LogP contribution in [0.2, 0.25) is 0 Å². The van der Waals surface area contributed by atoms with Gasteiger partial charge in [-0.05, 0) is 29.9 Å². The molecule has 0 unspecified atom stereocenters. The first-order chi connectivity index (χ1) is 15.0. The van der Waals surface area contributed by atoms with Crippen molar-refractivity contribution in [3.8, 4) is 0 Å². The molecule has 0 spiro atoms. The quantitative estimate of drug-likeness (QED) is 0.488. The van der Waals surface area contributed by atoms with Crippen LogP contribution >= 0.6 is 0 Å². The number of benzene rings is 1. The van der Waals surface area contributed by atoms with Crippen molar-refractivity contribution in [2.24, 2.45) is 17.8 Å². The predicted octanol–water partition coefficient (Wildman–Crippen LogP) is 2.82. The van der Waals surface area contributed by atoms with Crippen molar-refractivity contribution in [1.29, 1.82) is 0 Å². The maximum Gasteiger partial charge on any atom is 0.326 e. The molecular weight excluding hydrogens is 412 g/mol. The van der Waals surface area contributed by atoms with E-state index < -0.39 is 36.0 Å². The van der Waals surface area contributed by atoms with Crippen LogP contribution in [-0.2, 0) is 14.4 Å². The molecule has 9 heteroatoms. The van der Waals surface area contributed by atoms with Gasteiger partial charge in [0, 0.05) is 0 Å². The van der Waals surface area contributed by atoms with E-state index in [-0.39, 0.29) is 23.7 Å². The molecule has 1 aromatic rings. The molecule has 4 atom stereocenters. The van der Waals surface area contributed by atoms with Gasteiger partial charge in [-0.15, -0.1) is 0 Å². The minimum absolute atomic E-state index is 0.178. The summed E-state index contributed by atoms with van der Waals surface area (Å²) >= 11 is 0. The van der Waals surface area contributed by atoms with Gasteiger partial charge >= 0.3 is 12.0 Å². The standard InChI is InChI=1S/C23H34N4O5/c1-7-14(6)18(22(30)31)25-20(28)17(12(2)3)26-23(32)27-16-11-9-8-10-15(16)24-21(29)19(27)13(4)5/h8-14,17-19H,7H2,1-6H3,(H,24,29)(H,25,28)(H,26,32)(H,30,31)/t14-,17+,18+,19-/m0/s1. The van der Waals surface area contributed by atoms with Crippen molar-refractivity contribution in [2.75, 3.05) is 10.2 Å². The zero-order valence-electron chi connectivity index (χ0n) is 19.5. The normalized spacial score (nSPS) is 18.4. The van der Waals surface area contributed by atoms with Gasteiger partial charge in [-0.2, -0.15) is 0 Å². The van der Waals surface area contributed by atoms with Gasteiger partial charge in [-0.1, -0.05) is 60.1 Å². The predicted molar refractivity (Wildman–Crippen MR) is 122 cm³/mol. The SMILES string of the molecule is CC[C@H](C)[C@@H](NC(=O)[C@H](NC(=O)N1c2ccccc2NC(=O)[C@@H]1C(C)C)C(C)C)C(=O)O. The first-order valence-electron chi connectivity index (χ1n) is 11.0. The third-order valence-electron chi connectivity index (χ3n) is 5.82. The lowest BCUT2D eigenvalue weighted by Crippen LogP contribution is -2.61. The number of urea groups is 1. The Morgan fingerprint density at radius 1 is 1.06 bits per heavy atom. The van der Waals surface area contributed by atoms with E-state index in [1.807, 2.05) is 20.8 Å². The number of carboxylic acid groups (broad SMARTS) is 1. The van der Waals surface area contributed by atoms with Crippen molar-refractivity contribution >= 4 is 35.2 Å². The maximum absolute atomic E-state index is 13.4. The van der Waals surface area contributed by atoms with Crippen LogP contribution in [0.3, 0.4) is 0 Å². The number of hydrogen-bond donors (Lipinski definition) is 4. The lowest BCUT2D eigenvalue weighted by molar-refractivity contribution is -0.143. The van der Waals surface area contributed by atoms with E-state index in [2.05, 4.69) is 16.0 Å². The van der Waals surface area contributed by atoms with E-state index in [1.54, 1.807) is 45.0 Å². The largest absolute Gasteiger partial charge is 0.480 e. The van der Waals surface area contributed by atoms with Gasteiger partial charge in [0.2, 0.25) is 11.8 Å². The number of nitrogens with one attached hydrogen (secondary N) is 3. The first-order valence-corrected chi connectivity index (χ1v) is 11.0. The van der Waals surface area contributed by atoms with Gasteiger partial charge in [0.1, 0.15) is 18.1 Å². The molecule has 32 heavy (non-hydrogen) atoms. The number of para-hydroxylation sites is 2. The highest BCUT2D eigenvalue weighted by molar-refractivity contribution is 6.12. The van der Waals surface area contributed by atoms with Gasteiger partial charge in [-0.25, -0.2) is 9.59 Å². The fourth-order valence-electron chi connectivity index (χ4n) is 3.76. The molecule has 1 aromatic carbocycles. The summed E-state index contributed by atoms with van der Waals surface area (Å²) in [7, 11) is 0. The summed E-state index contributed by atoms with van der Waals surface area (Å²) in [6.45, 7) is 10.8. The Balaban J connectivity index is 2.32. The molecule has 2 rings (SSSR count). The van der Waals surface area contributed by atoms with Gasteiger partial charge in [0.15, 0.2) is 0 Å². The molecule has 0 fully saturated rings. The minimum Gasteiger partial charge on any atom is -0.480 e. The lowest BCUT2D eigenvalue weighted by atomic mass is 9.96. The highest BCUT2D eigenvalue weighted by Gasteiger charge is 2.40. The molecule has 176 valence electrons. The molecule has 0 aliphatic carbocycles. The molecule has 4 amide bonds. The summed E-state index contributed by atoms with van der Waals surface area (Å²) in [4.78, 5) is 52.1. The first kappa shape index (κ1) is 25.2. The number of hydrogen-bond acceptors (Lipinski definition) is 4. The zero-order valence-corrected chi connectivity index (χ0v) is 19.5. The molecule has 9 nitrogen and oxygen atoms in total. The number of amides is 4. The van der Waals surface area contributed by atoms with Crippen LogP contribution in [0.5, 0.6) is 0 Å². The van der Waals surface area contributed by atoms with E-state index in [4.69, 9.17) is 0 Å². The van der Waals surface area contributed by atoms with Gasteiger partial charge < -0.3 is 21.1 Å². The maximum atomic E-state index is 13.4. The molecule has 0 saturated heterocycles. The van der Waals surface area contributed by atoms with Crippen LogP contribution in [0.15, 0.2) is 24.3 Å². The fourth-order valence-corrected chi connectivity index (χ4v) is 3.76. The van der Waals surface area contributed by atoms with E-state index in [0.717, 1.165) is 0 Å². The summed E-state index contributed by atoms with van der Waals surface area (Å²) in [5.74, 6) is -2.76. The number of carbonyl (C=O) groups excluding carboxylic acids is 3. The highest BCUT2D eigenvalue weighted by atomic mass is 16.4. The summed E-state index contributed by atoms with van der Waals surface area (Å²) < 4.78 is 0. The van der Waals surface area contributed by atoms with Crippen LogP contribution in [-0.4, -0.2) is 47.0 Å². The van der Waals surface area contributed by atoms with Crippen LogP contribution in [0.25, 0.3) is 0 Å². The van der Waals surface area contributed by atoms with E-state index >= 15 is 0 Å². The average molecular weight is 447 g/mol.